The summed E-state index contributed by atoms with van der Waals surface area (Å²) in [6.45, 7) is 1.55. The lowest BCUT2D eigenvalue weighted by atomic mass is 10.0. The molecule has 5 rings (SSSR count). The van der Waals surface area contributed by atoms with E-state index in [1.54, 1.807) is 6.20 Å². The average Bonchev–Trinajstić information content (AvgIpc) is 3.22. The second-order valence-corrected chi connectivity index (χ2v) is 6.09. The lowest BCUT2D eigenvalue weighted by Gasteiger charge is -2.10. The number of hydrogen-bond acceptors (Lipinski definition) is 5. The quantitative estimate of drug-likeness (QED) is 0.571. The summed E-state index contributed by atoms with van der Waals surface area (Å²) in [7, 11) is 0. The van der Waals surface area contributed by atoms with E-state index >= 15 is 0 Å². The highest BCUT2D eigenvalue weighted by Gasteiger charge is 2.18. The fourth-order valence-electron chi connectivity index (χ4n) is 3.27. The molecule has 0 radical (unpaired) electrons. The minimum absolute atomic E-state index is 0.148. The minimum Gasteiger partial charge on any atom is -0.356 e. The van der Waals surface area contributed by atoms with Gasteiger partial charge in [0.15, 0.2) is 12.1 Å². The van der Waals surface area contributed by atoms with Crippen LogP contribution in [0, 0.1) is 0 Å². The molecule has 1 fully saturated rings. The first-order valence-electron chi connectivity index (χ1n) is 8.34. The van der Waals surface area contributed by atoms with Gasteiger partial charge in [-0.2, -0.15) is 0 Å². The second kappa shape index (κ2) is 5.88. The molecule has 1 aliphatic rings. The summed E-state index contributed by atoms with van der Waals surface area (Å²) in [6, 6.07) is 16.3. The first kappa shape index (κ1) is 14.5. The van der Waals surface area contributed by atoms with E-state index in [1.807, 2.05) is 30.5 Å². The van der Waals surface area contributed by atoms with Crippen LogP contribution < -0.4 is 5.32 Å². The topological polar surface area (TPSA) is 59.9 Å². The normalized spacial score (nSPS) is 17.4. The van der Waals surface area contributed by atoms with Crippen LogP contribution in [0.3, 0.4) is 0 Å². The van der Waals surface area contributed by atoms with Gasteiger partial charge in [-0.05, 0) is 29.7 Å². The Labute approximate surface area is 144 Å². The molecule has 1 aliphatic heterocycles. The van der Waals surface area contributed by atoms with Crippen molar-refractivity contribution >= 4 is 21.7 Å². The largest absolute Gasteiger partial charge is 0.356 e. The highest BCUT2D eigenvalue weighted by molar-refractivity contribution is 6.06. The number of hydrogen-bond donors (Lipinski definition) is 1. The van der Waals surface area contributed by atoms with E-state index in [-0.39, 0.29) is 6.23 Å². The molecule has 25 heavy (non-hydrogen) atoms. The van der Waals surface area contributed by atoms with Crippen LogP contribution in [-0.2, 0) is 4.74 Å². The fourth-order valence-corrected chi connectivity index (χ4v) is 3.27. The second-order valence-electron chi connectivity index (χ2n) is 6.09. The lowest BCUT2D eigenvalue weighted by Crippen LogP contribution is -2.15. The molecule has 0 spiro atoms. The smallest absolute Gasteiger partial charge is 0.159 e. The third-order valence-corrected chi connectivity index (χ3v) is 4.51. The first-order chi connectivity index (χ1) is 12.4. The van der Waals surface area contributed by atoms with Crippen molar-refractivity contribution in [2.75, 3.05) is 13.2 Å². The molecule has 0 aliphatic carbocycles. The van der Waals surface area contributed by atoms with Gasteiger partial charge in [0.2, 0.25) is 0 Å². The molecule has 5 nitrogen and oxygen atoms in total. The van der Waals surface area contributed by atoms with E-state index in [2.05, 4.69) is 39.6 Å². The van der Waals surface area contributed by atoms with Gasteiger partial charge >= 0.3 is 0 Å². The molecule has 1 unspecified atom stereocenters. The zero-order valence-electron chi connectivity index (χ0n) is 13.5. The first-order valence-corrected chi connectivity index (χ1v) is 8.34. The maximum Gasteiger partial charge on any atom is 0.159 e. The maximum atomic E-state index is 5.65. The Balaban J connectivity index is 1.65. The van der Waals surface area contributed by atoms with Gasteiger partial charge in [0, 0.05) is 35.3 Å². The molecule has 122 valence electrons. The van der Waals surface area contributed by atoms with Crippen molar-refractivity contribution in [3.63, 3.8) is 0 Å². The zero-order valence-corrected chi connectivity index (χ0v) is 13.5. The van der Waals surface area contributed by atoms with Crippen LogP contribution in [0.4, 0.5) is 0 Å². The van der Waals surface area contributed by atoms with E-state index in [0.717, 1.165) is 34.1 Å². The Bertz CT molecular complexity index is 1070. The van der Waals surface area contributed by atoms with Crippen LogP contribution in [0.25, 0.3) is 33.1 Å². The molecule has 0 saturated carbocycles. The van der Waals surface area contributed by atoms with Gasteiger partial charge in [0.05, 0.1) is 17.8 Å². The van der Waals surface area contributed by atoms with Crippen molar-refractivity contribution in [1.29, 1.82) is 0 Å². The predicted molar refractivity (Wildman–Crippen MR) is 97.0 cm³/mol. The van der Waals surface area contributed by atoms with Crippen LogP contribution in [0.2, 0.25) is 0 Å². The number of nitrogens with zero attached hydrogens (tertiary/aromatic N) is 3. The standard InChI is InChI=1S/C20H16N4O/c1-2-4-15-14(3-1)12-23-17-6-5-13(11-16(15)17)19-21-8-7-18(24-19)20-22-9-10-25-20/h1-8,11-12,20,22H,9-10H2. The molecule has 1 N–H and O–H groups in total. The van der Waals surface area contributed by atoms with Crippen LogP contribution in [-0.4, -0.2) is 28.1 Å². The summed E-state index contributed by atoms with van der Waals surface area (Å²) < 4.78 is 5.65. The van der Waals surface area contributed by atoms with Crippen molar-refractivity contribution in [2.45, 2.75) is 6.23 Å². The Morgan fingerprint density at radius 3 is 2.88 bits per heavy atom. The van der Waals surface area contributed by atoms with Crippen molar-refractivity contribution in [3.8, 4) is 11.4 Å². The molecule has 1 atom stereocenters. The molecule has 3 heterocycles. The van der Waals surface area contributed by atoms with Gasteiger partial charge < -0.3 is 4.74 Å². The highest BCUT2D eigenvalue weighted by atomic mass is 16.5. The van der Waals surface area contributed by atoms with E-state index in [4.69, 9.17) is 9.72 Å². The number of aromatic nitrogens is 3. The molecule has 2 aromatic heterocycles. The van der Waals surface area contributed by atoms with Crippen LogP contribution in [0.5, 0.6) is 0 Å². The molecule has 0 amide bonds. The Morgan fingerprint density at radius 2 is 1.96 bits per heavy atom. The SMILES string of the molecule is c1ccc2c(c1)cnc1ccc(-c3nccc(C4NCCO4)n3)cc12. The van der Waals surface area contributed by atoms with Gasteiger partial charge in [-0.1, -0.05) is 24.3 Å². The van der Waals surface area contributed by atoms with E-state index in [0.29, 0.717) is 12.4 Å². The highest BCUT2D eigenvalue weighted by Crippen LogP contribution is 2.28. The predicted octanol–water partition coefficient (Wildman–Crippen LogP) is 3.46. The Morgan fingerprint density at radius 1 is 1.00 bits per heavy atom. The summed E-state index contributed by atoms with van der Waals surface area (Å²) in [5, 5.41) is 6.71. The zero-order chi connectivity index (χ0) is 16.6. The monoisotopic (exact) mass is 328 g/mol. The van der Waals surface area contributed by atoms with Crippen molar-refractivity contribution in [2.24, 2.45) is 0 Å². The number of ether oxygens (including phenoxy) is 1. The van der Waals surface area contributed by atoms with E-state index < -0.39 is 0 Å². The van der Waals surface area contributed by atoms with Gasteiger partial charge in [-0.3, -0.25) is 10.3 Å². The summed E-state index contributed by atoms with van der Waals surface area (Å²) in [4.78, 5) is 13.7. The summed E-state index contributed by atoms with van der Waals surface area (Å²) in [6.07, 6.45) is 3.55. The molecule has 2 aromatic carbocycles. The third kappa shape index (κ3) is 2.54. The Hall–Kier alpha value is -2.89. The molecule has 5 heteroatoms. The van der Waals surface area contributed by atoms with Gasteiger partial charge in [-0.25, -0.2) is 9.97 Å². The summed E-state index contributed by atoms with van der Waals surface area (Å²) in [5.74, 6) is 0.699. The number of nitrogens with one attached hydrogen (secondary N) is 1. The van der Waals surface area contributed by atoms with E-state index in [9.17, 15) is 0 Å². The van der Waals surface area contributed by atoms with Gasteiger partial charge in [0.1, 0.15) is 0 Å². The molecular formula is C20H16N4O. The van der Waals surface area contributed by atoms with Gasteiger partial charge in [-0.15, -0.1) is 0 Å². The summed E-state index contributed by atoms with van der Waals surface area (Å²) in [5.41, 5.74) is 2.81. The third-order valence-electron chi connectivity index (χ3n) is 4.51. The molecule has 4 aromatic rings. The van der Waals surface area contributed by atoms with Crippen LogP contribution in [0.1, 0.15) is 11.9 Å². The molecular weight excluding hydrogens is 312 g/mol. The average molecular weight is 328 g/mol. The van der Waals surface area contributed by atoms with Crippen LogP contribution in [0.15, 0.2) is 60.9 Å². The number of pyridine rings is 1. The molecule has 0 bridgehead atoms. The number of fused-ring (bicyclic) bond motifs is 3. The maximum absolute atomic E-state index is 5.65. The fraction of sp³-hybridized carbons (Fsp3) is 0.150. The number of benzene rings is 2. The van der Waals surface area contributed by atoms with Crippen molar-refractivity contribution in [1.82, 2.24) is 20.3 Å². The van der Waals surface area contributed by atoms with Crippen LogP contribution >= 0.6 is 0 Å². The Kier molecular flexibility index (Phi) is 3.40. The van der Waals surface area contributed by atoms with Gasteiger partial charge in [0.25, 0.3) is 0 Å². The number of rotatable bonds is 2. The minimum atomic E-state index is -0.148. The molecule has 1 saturated heterocycles. The summed E-state index contributed by atoms with van der Waals surface area (Å²) >= 11 is 0. The van der Waals surface area contributed by atoms with Crippen molar-refractivity contribution < 1.29 is 4.74 Å². The van der Waals surface area contributed by atoms with Crippen molar-refractivity contribution in [3.05, 3.63) is 66.6 Å². The van der Waals surface area contributed by atoms with E-state index in [1.165, 1.54) is 5.39 Å². The lowest BCUT2D eigenvalue weighted by molar-refractivity contribution is 0.0985.